The Morgan fingerprint density at radius 3 is 2.60 bits per heavy atom. The molecule has 4 nitrogen and oxygen atoms in total. The van der Waals surface area contributed by atoms with Crippen LogP contribution in [0.1, 0.15) is 21.5 Å². The second-order valence-electron chi connectivity index (χ2n) is 3.38. The highest BCUT2D eigenvalue weighted by Crippen LogP contribution is 2.19. The van der Waals surface area contributed by atoms with Gasteiger partial charge in [-0.05, 0) is 37.1 Å². The number of rotatable bonds is 3. The largest absolute Gasteiger partial charge is 0.461 e. The van der Waals surface area contributed by atoms with Gasteiger partial charge in [-0.3, -0.25) is 0 Å². The fourth-order valence-electron chi connectivity index (χ4n) is 1.29. The molecule has 0 aliphatic rings. The molecule has 0 spiro atoms. The van der Waals surface area contributed by atoms with E-state index in [0.29, 0.717) is 17.8 Å². The Balaban J connectivity index is 2.95. The smallest absolute Gasteiger partial charge is 0.338 e. The normalized spacial score (nSPS) is 10.1. The molecule has 0 saturated carbocycles. The molecule has 82 valence electrons. The lowest BCUT2D eigenvalue weighted by Gasteiger charge is -2.10. The molecule has 0 saturated heterocycles. The van der Waals surface area contributed by atoms with E-state index in [4.69, 9.17) is 16.2 Å². The number of esters is 1. The lowest BCUT2D eigenvalue weighted by molar-refractivity contribution is 0.0516. The molecule has 0 fully saturated rings. The van der Waals surface area contributed by atoms with Crippen LogP contribution >= 0.6 is 0 Å². The van der Waals surface area contributed by atoms with Crippen LogP contribution in [0, 0.1) is 13.8 Å². The predicted octanol–water partition coefficient (Wildman–Crippen LogP) is 1.00. The van der Waals surface area contributed by atoms with E-state index in [1.807, 2.05) is 13.8 Å². The number of hydrogen-bond donors (Lipinski definition) is 2. The van der Waals surface area contributed by atoms with Gasteiger partial charge in [0.25, 0.3) is 0 Å². The van der Waals surface area contributed by atoms with E-state index in [0.717, 1.165) is 11.1 Å². The minimum Gasteiger partial charge on any atom is -0.461 e. The molecular weight excluding hydrogens is 192 g/mol. The molecule has 0 atom stereocenters. The van der Waals surface area contributed by atoms with Crippen molar-refractivity contribution < 1.29 is 9.53 Å². The molecule has 0 amide bonds. The number of ether oxygens (including phenoxy) is 1. The third-order valence-corrected chi connectivity index (χ3v) is 2.40. The van der Waals surface area contributed by atoms with E-state index in [9.17, 15) is 4.79 Å². The summed E-state index contributed by atoms with van der Waals surface area (Å²) in [6.45, 7) is 4.30. The summed E-state index contributed by atoms with van der Waals surface area (Å²) in [7, 11) is 0. The van der Waals surface area contributed by atoms with Gasteiger partial charge in [-0.15, -0.1) is 0 Å². The third-order valence-electron chi connectivity index (χ3n) is 2.40. The lowest BCUT2D eigenvalue weighted by atomic mass is 10.0. The summed E-state index contributed by atoms with van der Waals surface area (Å²) in [5.41, 5.74) is 14.0. The van der Waals surface area contributed by atoms with Crippen LogP contribution in [0.2, 0.25) is 0 Å². The number of nitrogen functional groups attached to an aromatic ring is 1. The zero-order valence-electron chi connectivity index (χ0n) is 9.04. The van der Waals surface area contributed by atoms with Crippen molar-refractivity contribution >= 4 is 11.7 Å². The van der Waals surface area contributed by atoms with Gasteiger partial charge in [0, 0.05) is 12.2 Å². The van der Waals surface area contributed by atoms with E-state index in [-0.39, 0.29) is 12.6 Å². The van der Waals surface area contributed by atoms with Gasteiger partial charge in [-0.2, -0.15) is 0 Å². The van der Waals surface area contributed by atoms with Crippen molar-refractivity contribution in [2.45, 2.75) is 13.8 Å². The number of carbonyl (C=O) groups is 1. The maximum atomic E-state index is 11.6. The molecule has 4 heteroatoms. The van der Waals surface area contributed by atoms with Crippen molar-refractivity contribution in [2.75, 3.05) is 18.9 Å². The molecule has 0 aromatic heterocycles. The van der Waals surface area contributed by atoms with Crippen molar-refractivity contribution in [1.82, 2.24) is 0 Å². The summed E-state index contributed by atoms with van der Waals surface area (Å²) in [4.78, 5) is 11.6. The quantitative estimate of drug-likeness (QED) is 0.573. The van der Waals surface area contributed by atoms with Gasteiger partial charge in [0.05, 0.1) is 5.56 Å². The van der Waals surface area contributed by atoms with Gasteiger partial charge in [0.1, 0.15) is 6.61 Å². The highest BCUT2D eigenvalue weighted by molar-refractivity contribution is 5.92. The standard InChI is InChI=1S/C11H16N2O2/c1-7-8(2)10(13)4-3-9(7)11(14)15-6-5-12/h3-4H,5-6,12-13H2,1-2H3. The van der Waals surface area contributed by atoms with Crippen LogP contribution in [0.5, 0.6) is 0 Å². The van der Waals surface area contributed by atoms with Gasteiger partial charge in [-0.1, -0.05) is 0 Å². The fourth-order valence-corrected chi connectivity index (χ4v) is 1.29. The maximum absolute atomic E-state index is 11.6. The molecule has 4 N–H and O–H groups in total. The number of benzene rings is 1. The lowest BCUT2D eigenvalue weighted by Crippen LogP contribution is -2.15. The van der Waals surface area contributed by atoms with Crippen molar-refractivity contribution in [2.24, 2.45) is 5.73 Å². The van der Waals surface area contributed by atoms with Crippen LogP contribution < -0.4 is 11.5 Å². The molecule has 0 aliphatic carbocycles. The first-order valence-corrected chi connectivity index (χ1v) is 4.80. The molecule has 1 aromatic carbocycles. The number of nitrogens with two attached hydrogens (primary N) is 2. The van der Waals surface area contributed by atoms with Crippen molar-refractivity contribution in [3.63, 3.8) is 0 Å². The van der Waals surface area contributed by atoms with E-state index in [2.05, 4.69) is 0 Å². The first kappa shape index (κ1) is 11.5. The molecule has 0 unspecified atom stereocenters. The molecule has 0 radical (unpaired) electrons. The molecule has 1 rings (SSSR count). The van der Waals surface area contributed by atoms with E-state index < -0.39 is 0 Å². The van der Waals surface area contributed by atoms with Crippen LogP contribution in [-0.4, -0.2) is 19.1 Å². The van der Waals surface area contributed by atoms with Gasteiger partial charge in [0.15, 0.2) is 0 Å². The Morgan fingerprint density at radius 1 is 1.33 bits per heavy atom. The SMILES string of the molecule is Cc1c(N)ccc(C(=O)OCCN)c1C. The Labute approximate surface area is 89.2 Å². The summed E-state index contributed by atoms with van der Waals surface area (Å²) < 4.78 is 4.95. The summed E-state index contributed by atoms with van der Waals surface area (Å²) in [5, 5.41) is 0. The molecule has 0 aliphatic heterocycles. The van der Waals surface area contributed by atoms with Gasteiger partial charge >= 0.3 is 5.97 Å². The minimum absolute atomic E-state index is 0.238. The van der Waals surface area contributed by atoms with Crippen molar-refractivity contribution in [3.05, 3.63) is 28.8 Å². The average Bonchev–Trinajstić information content (AvgIpc) is 2.23. The van der Waals surface area contributed by atoms with Crippen LogP contribution in [0.15, 0.2) is 12.1 Å². The minimum atomic E-state index is -0.346. The van der Waals surface area contributed by atoms with E-state index in [1.54, 1.807) is 12.1 Å². The second kappa shape index (κ2) is 4.79. The monoisotopic (exact) mass is 208 g/mol. The zero-order valence-corrected chi connectivity index (χ0v) is 9.04. The first-order valence-electron chi connectivity index (χ1n) is 4.80. The van der Waals surface area contributed by atoms with Crippen LogP contribution in [-0.2, 0) is 4.74 Å². The van der Waals surface area contributed by atoms with Gasteiger partial charge in [0.2, 0.25) is 0 Å². The van der Waals surface area contributed by atoms with E-state index in [1.165, 1.54) is 0 Å². The Bertz CT molecular complexity index is 375. The molecule has 1 aromatic rings. The Morgan fingerprint density at radius 2 is 2.00 bits per heavy atom. The Kier molecular flexibility index (Phi) is 3.68. The summed E-state index contributed by atoms with van der Waals surface area (Å²) >= 11 is 0. The third kappa shape index (κ3) is 2.47. The Hall–Kier alpha value is -1.55. The maximum Gasteiger partial charge on any atom is 0.338 e. The van der Waals surface area contributed by atoms with Crippen LogP contribution in [0.25, 0.3) is 0 Å². The van der Waals surface area contributed by atoms with Crippen molar-refractivity contribution in [3.8, 4) is 0 Å². The van der Waals surface area contributed by atoms with E-state index >= 15 is 0 Å². The van der Waals surface area contributed by atoms with Gasteiger partial charge in [-0.25, -0.2) is 4.79 Å². The van der Waals surface area contributed by atoms with Crippen LogP contribution in [0.4, 0.5) is 5.69 Å². The molecule has 0 bridgehead atoms. The van der Waals surface area contributed by atoms with Gasteiger partial charge < -0.3 is 16.2 Å². The molecule has 15 heavy (non-hydrogen) atoms. The second-order valence-corrected chi connectivity index (χ2v) is 3.38. The topological polar surface area (TPSA) is 78.3 Å². The predicted molar refractivity (Wildman–Crippen MR) is 59.7 cm³/mol. The number of hydrogen-bond acceptors (Lipinski definition) is 4. The molecule has 0 heterocycles. The number of anilines is 1. The molecular formula is C11H16N2O2. The zero-order chi connectivity index (χ0) is 11.4. The first-order chi connectivity index (χ1) is 7.07. The number of carbonyl (C=O) groups excluding carboxylic acids is 1. The summed E-state index contributed by atoms with van der Waals surface area (Å²) in [6, 6.07) is 3.39. The highest BCUT2D eigenvalue weighted by atomic mass is 16.5. The van der Waals surface area contributed by atoms with Crippen LogP contribution in [0.3, 0.4) is 0 Å². The fraction of sp³-hybridized carbons (Fsp3) is 0.364. The highest BCUT2D eigenvalue weighted by Gasteiger charge is 2.12. The summed E-state index contributed by atoms with van der Waals surface area (Å²) in [6.07, 6.45) is 0. The van der Waals surface area contributed by atoms with Crippen molar-refractivity contribution in [1.29, 1.82) is 0 Å². The average molecular weight is 208 g/mol. The summed E-state index contributed by atoms with van der Waals surface area (Å²) in [5.74, 6) is -0.346.